The van der Waals surface area contributed by atoms with Crippen LogP contribution in [-0.4, -0.2) is 18.5 Å². The number of hydrogen-bond donors (Lipinski definition) is 0. The highest BCUT2D eigenvalue weighted by molar-refractivity contribution is 8.00. The van der Waals surface area contributed by atoms with Gasteiger partial charge in [0.1, 0.15) is 0 Å². The standard InChI is InChI=1S/C14H18OS/c1-11(2)7-8-15-10-13-9-12-5-3-4-6-14(12)16-13/h3-6,13H,1,7-10H2,2H3. The fourth-order valence-electron chi connectivity index (χ4n) is 1.81. The Morgan fingerprint density at radius 3 is 3.06 bits per heavy atom. The summed E-state index contributed by atoms with van der Waals surface area (Å²) in [7, 11) is 0. The average Bonchev–Trinajstić information content (AvgIpc) is 2.66. The molecule has 1 nitrogen and oxygen atoms in total. The first-order valence-electron chi connectivity index (χ1n) is 5.72. The fourth-order valence-corrected chi connectivity index (χ4v) is 3.05. The highest BCUT2D eigenvalue weighted by Gasteiger charge is 2.21. The van der Waals surface area contributed by atoms with Gasteiger partial charge < -0.3 is 4.74 Å². The Hall–Kier alpha value is -0.730. The Balaban J connectivity index is 1.73. The highest BCUT2D eigenvalue weighted by Crippen LogP contribution is 2.36. The predicted octanol–water partition coefficient (Wildman–Crippen LogP) is 3.69. The van der Waals surface area contributed by atoms with E-state index in [9.17, 15) is 0 Å². The van der Waals surface area contributed by atoms with Crippen molar-refractivity contribution in [1.29, 1.82) is 0 Å². The van der Waals surface area contributed by atoms with E-state index in [4.69, 9.17) is 4.74 Å². The molecule has 0 radical (unpaired) electrons. The van der Waals surface area contributed by atoms with Gasteiger partial charge in [0, 0.05) is 10.1 Å². The summed E-state index contributed by atoms with van der Waals surface area (Å²) in [5.41, 5.74) is 2.67. The van der Waals surface area contributed by atoms with E-state index < -0.39 is 0 Å². The number of rotatable bonds is 5. The van der Waals surface area contributed by atoms with Crippen molar-refractivity contribution in [2.45, 2.75) is 29.9 Å². The van der Waals surface area contributed by atoms with Gasteiger partial charge in [-0.1, -0.05) is 23.8 Å². The van der Waals surface area contributed by atoms with Gasteiger partial charge in [0.25, 0.3) is 0 Å². The van der Waals surface area contributed by atoms with Gasteiger partial charge in [0.15, 0.2) is 0 Å². The molecule has 0 saturated heterocycles. The normalized spacial score (nSPS) is 18.4. The summed E-state index contributed by atoms with van der Waals surface area (Å²) in [6.07, 6.45) is 2.12. The van der Waals surface area contributed by atoms with Crippen LogP contribution in [0.3, 0.4) is 0 Å². The van der Waals surface area contributed by atoms with Crippen molar-refractivity contribution in [1.82, 2.24) is 0 Å². The van der Waals surface area contributed by atoms with E-state index in [0.717, 1.165) is 26.1 Å². The van der Waals surface area contributed by atoms with Gasteiger partial charge in [-0.15, -0.1) is 18.3 Å². The maximum absolute atomic E-state index is 5.68. The van der Waals surface area contributed by atoms with Crippen LogP contribution in [0.1, 0.15) is 18.9 Å². The first kappa shape index (κ1) is 11.7. The highest BCUT2D eigenvalue weighted by atomic mass is 32.2. The Kier molecular flexibility index (Phi) is 4.08. The molecule has 0 saturated carbocycles. The number of ether oxygens (including phenoxy) is 1. The lowest BCUT2D eigenvalue weighted by molar-refractivity contribution is 0.139. The molecule has 1 aliphatic heterocycles. The smallest absolute Gasteiger partial charge is 0.0591 e. The molecule has 86 valence electrons. The van der Waals surface area contributed by atoms with E-state index in [1.54, 1.807) is 0 Å². The van der Waals surface area contributed by atoms with Crippen LogP contribution < -0.4 is 0 Å². The molecule has 1 heterocycles. The molecule has 2 heteroatoms. The molecular formula is C14H18OS. The van der Waals surface area contributed by atoms with Gasteiger partial charge in [-0.05, 0) is 31.4 Å². The van der Waals surface area contributed by atoms with Crippen LogP contribution in [-0.2, 0) is 11.2 Å². The SMILES string of the molecule is C=C(C)CCOCC1Cc2ccccc2S1. The molecule has 1 aromatic rings. The molecular weight excluding hydrogens is 216 g/mol. The molecule has 0 aromatic heterocycles. The van der Waals surface area contributed by atoms with Gasteiger partial charge >= 0.3 is 0 Å². The minimum Gasteiger partial charge on any atom is -0.380 e. The summed E-state index contributed by atoms with van der Waals surface area (Å²) in [6.45, 7) is 7.58. The van der Waals surface area contributed by atoms with Gasteiger partial charge in [-0.25, -0.2) is 0 Å². The summed E-state index contributed by atoms with van der Waals surface area (Å²) in [5, 5.41) is 0.600. The molecule has 1 aromatic carbocycles. The lowest BCUT2D eigenvalue weighted by atomic mass is 10.1. The summed E-state index contributed by atoms with van der Waals surface area (Å²) >= 11 is 1.95. The summed E-state index contributed by atoms with van der Waals surface area (Å²) in [6, 6.07) is 8.64. The lowest BCUT2D eigenvalue weighted by Crippen LogP contribution is -2.11. The molecule has 1 atom stereocenters. The van der Waals surface area contributed by atoms with Crippen LogP contribution in [0.4, 0.5) is 0 Å². The van der Waals surface area contributed by atoms with Crippen LogP contribution in [0.25, 0.3) is 0 Å². The van der Waals surface area contributed by atoms with Crippen molar-refractivity contribution < 1.29 is 4.74 Å². The third kappa shape index (κ3) is 3.13. The minimum atomic E-state index is 0.600. The molecule has 0 amide bonds. The van der Waals surface area contributed by atoms with Crippen LogP contribution in [0.15, 0.2) is 41.3 Å². The van der Waals surface area contributed by atoms with E-state index in [1.807, 2.05) is 18.7 Å². The molecule has 1 unspecified atom stereocenters. The molecule has 1 aliphatic rings. The second kappa shape index (κ2) is 5.55. The number of benzene rings is 1. The number of fused-ring (bicyclic) bond motifs is 1. The van der Waals surface area contributed by atoms with Crippen molar-refractivity contribution in [2.24, 2.45) is 0 Å². The lowest BCUT2D eigenvalue weighted by Gasteiger charge is -2.09. The Labute approximate surface area is 102 Å². The third-order valence-corrected chi connectivity index (χ3v) is 3.98. The van der Waals surface area contributed by atoms with Crippen LogP contribution in [0.2, 0.25) is 0 Å². The van der Waals surface area contributed by atoms with Gasteiger partial charge in [-0.3, -0.25) is 0 Å². The van der Waals surface area contributed by atoms with E-state index in [-0.39, 0.29) is 0 Å². The average molecular weight is 234 g/mol. The van der Waals surface area contributed by atoms with Gasteiger partial charge in [-0.2, -0.15) is 0 Å². The maximum atomic E-state index is 5.68. The summed E-state index contributed by atoms with van der Waals surface area (Å²) in [4.78, 5) is 1.43. The molecule has 0 bridgehead atoms. The summed E-state index contributed by atoms with van der Waals surface area (Å²) in [5.74, 6) is 0. The Bertz CT molecular complexity index is 348. The Morgan fingerprint density at radius 2 is 2.31 bits per heavy atom. The van der Waals surface area contributed by atoms with Crippen LogP contribution in [0.5, 0.6) is 0 Å². The van der Waals surface area contributed by atoms with E-state index in [0.29, 0.717) is 5.25 Å². The predicted molar refractivity (Wildman–Crippen MR) is 70.0 cm³/mol. The van der Waals surface area contributed by atoms with Crippen molar-refractivity contribution in [3.8, 4) is 0 Å². The van der Waals surface area contributed by atoms with Crippen LogP contribution in [0, 0.1) is 0 Å². The first-order valence-corrected chi connectivity index (χ1v) is 6.60. The zero-order valence-electron chi connectivity index (χ0n) is 9.74. The van der Waals surface area contributed by atoms with Crippen molar-refractivity contribution >= 4 is 11.8 Å². The topological polar surface area (TPSA) is 9.23 Å². The second-order valence-electron chi connectivity index (χ2n) is 4.33. The maximum Gasteiger partial charge on any atom is 0.0591 e. The third-order valence-electron chi connectivity index (χ3n) is 2.69. The zero-order valence-corrected chi connectivity index (χ0v) is 10.6. The van der Waals surface area contributed by atoms with Crippen molar-refractivity contribution in [3.63, 3.8) is 0 Å². The number of thioether (sulfide) groups is 1. The van der Waals surface area contributed by atoms with E-state index in [1.165, 1.54) is 16.0 Å². The van der Waals surface area contributed by atoms with Crippen LogP contribution >= 0.6 is 11.8 Å². The molecule has 0 fully saturated rings. The molecule has 0 N–H and O–H groups in total. The molecule has 0 aliphatic carbocycles. The van der Waals surface area contributed by atoms with E-state index >= 15 is 0 Å². The van der Waals surface area contributed by atoms with E-state index in [2.05, 4.69) is 30.8 Å². The first-order chi connectivity index (χ1) is 7.75. The van der Waals surface area contributed by atoms with Gasteiger partial charge in [0.2, 0.25) is 0 Å². The Morgan fingerprint density at radius 1 is 1.50 bits per heavy atom. The largest absolute Gasteiger partial charge is 0.380 e. The monoisotopic (exact) mass is 234 g/mol. The molecule has 16 heavy (non-hydrogen) atoms. The molecule has 0 spiro atoms. The zero-order chi connectivity index (χ0) is 11.4. The molecule has 2 rings (SSSR count). The minimum absolute atomic E-state index is 0.600. The number of hydrogen-bond acceptors (Lipinski definition) is 2. The van der Waals surface area contributed by atoms with Gasteiger partial charge in [0.05, 0.1) is 13.2 Å². The summed E-state index contributed by atoms with van der Waals surface area (Å²) < 4.78 is 5.68. The van der Waals surface area contributed by atoms with Crippen molar-refractivity contribution in [3.05, 3.63) is 42.0 Å². The van der Waals surface area contributed by atoms with Crippen molar-refractivity contribution in [2.75, 3.05) is 13.2 Å². The second-order valence-corrected chi connectivity index (χ2v) is 5.68. The fraction of sp³-hybridized carbons (Fsp3) is 0.429. The quantitative estimate of drug-likeness (QED) is 0.567.